The molecular weight excluding hydrogens is 307 g/mol. The SMILES string of the molecule is O=C(/C=C/c1ccc(F)cc1)NCc1ccccc1OC(F)F. The van der Waals surface area contributed by atoms with Gasteiger partial charge in [0.2, 0.25) is 5.91 Å². The molecule has 0 atom stereocenters. The Balaban J connectivity index is 1.93. The second kappa shape index (κ2) is 8.03. The van der Waals surface area contributed by atoms with Crippen LogP contribution >= 0.6 is 0 Å². The van der Waals surface area contributed by atoms with Gasteiger partial charge < -0.3 is 10.1 Å². The van der Waals surface area contributed by atoms with Gasteiger partial charge in [-0.25, -0.2) is 4.39 Å². The molecule has 120 valence electrons. The van der Waals surface area contributed by atoms with Crippen LogP contribution in [0.5, 0.6) is 5.75 Å². The lowest BCUT2D eigenvalue weighted by Gasteiger charge is -2.10. The van der Waals surface area contributed by atoms with E-state index in [1.807, 2.05) is 0 Å². The van der Waals surface area contributed by atoms with Gasteiger partial charge in [-0.1, -0.05) is 30.3 Å². The van der Waals surface area contributed by atoms with E-state index in [2.05, 4.69) is 10.1 Å². The van der Waals surface area contributed by atoms with Crippen LogP contribution in [-0.4, -0.2) is 12.5 Å². The molecular formula is C17H14F3NO2. The number of nitrogens with one attached hydrogen (secondary N) is 1. The minimum atomic E-state index is -2.93. The molecule has 0 aromatic heterocycles. The van der Waals surface area contributed by atoms with Gasteiger partial charge in [-0.3, -0.25) is 4.79 Å². The third-order valence-corrected chi connectivity index (χ3v) is 2.94. The van der Waals surface area contributed by atoms with Crippen molar-refractivity contribution in [3.05, 3.63) is 71.6 Å². The molecule has 0 fully saturated rings. The zero-order chi connectivity index (χ0) is 16.7. The van der Waals surface area contributed by atoms with Crippen LogP contribution in [-0.2, 0) is 11.3 Å². The maximum absolute atomic E-state index is 12.8. The fraction of sp³-hybridized carbons (Fsp3) is 0.118. The van der Waals surface area contributed by atoms with Crippen molar-refractivity contribution in [2.75, 3.05) is 0 Å². The quantitative estimate of drug-likeness (QED) is 0.823. The lowest BCUT2D eigenvalue weighted by atomic mass is 10.2. The third kappa shape index (κ3) is 5.50. The van der Waals surface area contributed by atoms with Gasteiger partial charge >= 0.3 is 6.61 Å². The molecule has 2 aromatic rings. The molecule has 0 bridgehead atoms. The zero-order valence-corrected chi connectivity index (χ0v) is 12.0. The molecule has 1 N–H and O–H groups in total. The molecule has 0 aliphatic rings. The second-order valence-electron chi connectivity index (χ2n) is 4.59. The fourth-order valence-corrected chi connectivity index (χ4v) is 1.85. The molecule has 23 heavy (non-hydrogen) atoms. The van der Waals surface area contributed by atoms with Crippen LogP contribution < -0.4 is 10.1 Å². The molecule has 3 nitrogen and oxygen atoms in total. The van der Waals surface area contributed by atoms with Gasteiger partial charge in [0.15, 0.2) is 0 Å². The number of hydrogen-bond acceptors (Lipinski definition) is 2. The van der Waals surface area contributed by atoms with Gasteiger partial charge in [-0.05, 0) is 29.8 Å². The summed E-state index contributed by atoms with van der Waals surface area (Å²) in [6.07, 6.45) is 2.81. The molecule has 0 radical (unpaired) electrons. The number of halogens is 3. The number of carbonyl (C=O) groups excluding carboxylic acids is 1. The van der Waals surface area contributed by atoms with Crippen molar-refractivity contribution in [3.63, 3.8) is 0 Å². The van der Waals surface area contributed by atoms with Gasteiger partial charge in [-0.2, -0.15) is 8.78 Å². The Kier molecular flexibility index (Phi) is 5.80. The van der Waals surface area contributed by atoms with Crippen LogP contribution in [0.15, 0.2) is 54.6 Å². The van der Waals surface area contributed by atoms with E-state index in [0.717, 1.165) is 0 Å². The van der Waals surface area contributed by atoms with Gasteiger partial charge in [-0.15, -0.1) is 0 Å². The fourth-order valence-electron chi connectivity index (χ4n) is 1.85. The summed E-state index contributed by atoms with van der Waals surface area (Å²) in [4.78, 5) is 11.7. The van der Waals surface area contributed by atoms with Gasteiger partial charge in [0.25, 0.3) is 0 Å². The number of ether oxygens (including phenoxy) is 1. The normalized spacial score (nSPS) is 11.0. The summed E-state index contributed by atoms with van der Waals surface area (Å²) in [6.45, 7) is -2.87. The first kappa shape index (κ1) is 16.6. The smallest absolute Gasteiger partial charge is 0.387 e. The monoisotopic (exact) mass is 321 g/mol. The summed E-state index contributed by atoms with van der Waals surface area (Å²) in [7, 11) is 0. The van der Waals surface area contributed by atoms with E-state index in [4.69, 9.17) is 0 Å². The van der Waals surface area contributed by atoms with Crippen LogP contribution in [0.25, 0.3) is 6.08 Å². The summed E-state index contributed by atoms with van der Waals surface area (Å²) in [6, 6.07) is 11.9. The Morgan fingerprint density at radius 3 is 2.52 bits per heavy atom. The van der Waals surface area contributed by atoms with Crippen molar-refractivity contribution in [3.8, 4) is 5.75 Å². The van der Waals surface area contributed by atoms with E-state index in [-0.39, 0.29) is 18.1 Å². The lowest BCUT2D eigenvalue weighted by Crippen LogP contribution is -2.21. The van der Waals surface area contributed by atoms with Crippen molar-refractivity contribution >= 4 is 12.0 Å². The van der Waals surface area contributed by atoms with E-state index in [1.54, 1.807) is 18.2 Å². The van der Waals surface area contributed by atoms with Crippen molar-refractivity contribution in [1.29, 1.82) is 0 Å². The summed E-state index contributed by atoms with van der Waals surface area (Å²) < 4.78 is 41.7. The molecule has 0 spiro atoms. The van der Waals surface area contributed by atoms with Crippen molar-refractivity contribution in [1.82, 2.24) is 5.32 Å². The number of amides is 1. The number of hydrogen-bond donors (Lipinski definition) is 1. The largest absolute Gasteiger partial charge is 0.434 e. The molecule has 2 aromatic carbocycles. The number of alkyl halides is 2. The summed E-state index contributed by atoms with van der Waals surface area (Å²) >= 11 is 0. The molecule has 0 aliphatic heterocycles. The highest BCUT2D eigenvalue weighted by atomic mass is 19.3. The van der Waals surface area contributed by atoms with Gasteiger partial charge in [0.1, 0.15) is 11.6 Å². The van der Waals surface area contributed by atoms with Crippen LogP contribution in [0.3, 0.4) is 0 Å². The predicted molar refractivity (Wildman–Crippen MR) is 80.4 cm³/mol. The first-order chi connectivity index (χ1) is 11.0. The molecule has 0 heterocycles. The third-order valence-electron chi connectivity index (χ3n) is 2.94. The minimum absolute atomic E-state index is 0.0188. The number of rotatable bonds is 6. The maximum atomic E-state index is 12.8. The van der Waals surface area contributed by atoms with Gasteiger partial charge in [0.05, 0.1) is 0 Å². The Hall–Kier alpha value is -2.76. The zero-order valence-electron chi connectivity index (χ0n) is 12.0. The highest BCUT2D eigenvalue weighted by Crippen LogP contribution is 2.19. The van der Waals surface area contributed by atoms with Gasteiger partial charge in [0, 0.05) is 18.2 Å². The van der Waals surface area contributed by atoms with Crippen molar-refractivity contribution < 1.29 is 22.7 Å². The number of carbonyl (C=O) groups is 1. The molecule has 0 unspecified atom stereocenters. The van der Waals surface area contributed by atoms with E-state index < -0.39 is 12.5 Å². The summed E-state index contributed by atoms with van der Waals surface area (Å²) in [5.41, 5.74) is 1.11. The molecule has 0 saturated carbocycles. The maximum Gasteiger partial charge on any atom is 0.387 e. The average molecular weight is 321 g/mol. The van der Waals surface area contributed by atoms with Crippen LogP contribution in [0.4, 0.5) is 13.2 Å². The van der Waals surface area contributed by atoms with Crippen LogP contribution in [0.2, 0.25) is 0 Å². The molecule has 0 saturated heterocycles. The highest BCUT2D eigenvalue weighted by molar-refractivity contribution is 5.91. The summed E-state index contributed by atoms with van der Waals surface area (Å²) in [5.74, 6) is -0.742. The van der Waals surface area contributed by atoms with E-state index >= 15 is 0 Å². The van der Waals surface area contributed by atoms with Crippen molar-refractivity contribution in [2.24, 2.45) is 0 Å². The lowest BCUT2D eigenvalue weighted by molar-refractivity contribution is -0.116. The Morgan fingerprint density at radius 2 is 1.83 bits per heavy atom. The van der Waals surface area contributed by atoms with E-state index in [9.17, 15) is 18.0 Å². The van der Waals surface area contributed by atoms with Crippen molar-refractivity contribution in [2.45, 2.75) is 13.2 Å². The standard InChI is InChI=1S/C17H14F3NO2/c18-14-8-5-12(6-9-14)7-10-16(22)21-11-13-3-1-2-4-15(13)23-17(19)20/h1-10,17H,11H2,(H,21,22)/b10-7+. The van der Waals surface area contributed by atoms with E-state index in [1.165, 1.54) is 42.5 Å². The Labute approximate surface area is 131 Å². The van der Waals surface area contributed by atoms with Crippen LogP contribution in [0, 0.1) is 5.82 Å². The average Bonchev–Trinajstić information content (AvgIpc) is 2.53. The summed E-state index contributed by atoms with van der Waals surface area (Å²) in [5, 5.41) is 2.57. The first-order valence-corrected chi connectivity index (χ1v) is 6.79. The van der Waals surface area contributed by atoms with E-state index in [0.29, 0.717) is 11.1 Å². The minimum Gasteiger partial charge on any atom is -0.434 e. The Bertz CT molecular complexity index is 684. The molecule has 2 rings (SSSR count). The number of para-hydroxylation sites is 1. The topological polar surface area (TPSA) is 38.3 Å². The van der Waals surface area contributed by atoms with Crippen LogP contribution in [0.1, 0.15) is 11.1 Å². The second-order valence-corrected chi connectivity index (χ2v) is 4.59. The predicted octanol–water partition coefficient (Wildman–Crippen LogP) is 3.76. The highest BCUT2D eigenvalue weighted by Gasteiger charge is 2.09. The number of benzene rings is 2. The molecule has 0 aliphatic carbocycles. The molecule has 6 heteroatoms. The Morgan fingerprint density at radius 1 is 1.13 bits per heavy atom. The molecule has 1 amide bonds. The first-order valence-electron chi connectivity index (χ1n) is 6.79.